The van der Waals surface area contributed by atoms with Crippen LogP contribution in [-0.2, 0) is 0 Å². The second-order valence-corrected chi connectivity index (χ2v) is 4.09. The Labute approximate surface area is 109 Å². The fourth-order valence-electron chi connectivity index (χ4n) is 1.71. The van der Waals surface area contributed by atoms with Crippen molar-refractivity contribution in [1.82, 2.24) is 9.71 Å². The van der Waals surface area contributed by atoms with Crippen molar-refractivity contribution in [2.75, 3.05) is 7.11 Å². The SMILES string of the molecule is COn1c(-c2ccc(Cl)cc2)nc(C)c1C(=O)O. The zero-order valence-corrected chi connectivity index (χ0v) is 10.6. The molecule has 1 N–H and O–H groups in total. The number of aromatic nitrogens is 2. The summed E-state index contributed by atoms with van der Waals surface area (Å²) in [7, 11) is 1.40. The lowest BCUT2D eigenvalue weighted by atomic mass is 10.2. The first-order chi connectivity index (χ1) is 8.54. The van der Waals surface area contributed by atoms with E-state index in [-0.39, 0.29) is 5.69 Å². The van der Waals surface area contributed by atoms with Crippen LogP contribution in [0.2, 0.25) is 5.02 Å². The number of aryl methyl sites for hydroxylation is 1. The molecule has 1 aromatic heterocycles. The number of hydrogen-bond acceptors (Lipinski definition) is 3. The Hall–Kier alpha value is -2.01. The predicted octanol–water partition coefficient (Wildman–Crippen LogP) is 2.27. The summed E-state index contributed by atoms with van der Waals surface area (Å²) in [5.41, 5.74) is 1.15. The predicted molar refractivity (Wildman–Crippen MR) is 66.9 cm³/mol. The Balaban J connectivity index is 2.61. The molecule has 18 heavy (non-hydrogen) atoms. The molecule has 2 rings (SSSR count). The number of benzene rings is 1. The quantitative estimate of drug-likeness (QED) is 0.926. The Morgan fingerprint density at radius 2 is 2.00 bits per heavy atom. The van der Waals surface area contributed by atoms with E-state index in [0.717, 1.165) is 5.56 Å². The highest BCUT2D eigenvalue weighted by atomic mass is 35.5. The molecular weight excluding hydrogens is 256 g/mol. The molecular formula is C12H11ClN2O3. The fraction of sp³-hybridized carbons (Fsp3) is 0.167. The van der Waals surface area contributed by atoms with E-state index in [9.17, 15) is 4.79 Å². The number of carboxylic acid groups (broad SMARTS) is 1. The normalized spacial score (nSPS) is 10.4. The highest BCUT2D eigenvalue weighted by Gasteiger charge is 2.21. The number of imidazole rings is 1. The number of carboxylic acids is 1. The number of hydrogen-bond donors (Lipinski definition) is 1. The summed E-state index contributed by atoms with van der Waals surface area (Å²) >= 11 is 5.81. The van der Waals surface area contributed by atoms with Crippen LogP contribution in [0.1, 0.15) is 16.2 Å². The molecule has 0 unspecified atom stereocenters. The van der Waals surface area contributed by atoms with Gasteiger partial charge < -0.3 is 9.94 Å². The lowest BCUT2D eigenvalue weighted by molar-refractivity contribution is 0.0640. The van der Waals surface area contributed by atoms with E-state index >= 15 is 0 Å². The first-order valence-corrected chi connectivity index (χ1v) is 5.55. The van der Waals surface area contributed by atoms with Crippen LogP contribution in [0.5, 0.6) is 0 Å². The summed E-state index contributed by atoms with van der Waals surface area (Å²) in [6.45, 7) is 1.62. The van der Waals surface area contributed by atoms with Gasteiger partial charge >= 0.3 is 5.97 Å². The molecule has 5 nitrogen and oxygen atoms in total. The summed E-state index contributed by atoms with van der Waals surface area (Å²) in [5.74, 6) is -0.647. The maximum Gasteiger partial charge on any atom is 0.357 e. The smallest absolute Gasteiger partial charge is 0.357 e. The summed E-state index contributed by atoms with van der Waals surface area (Å²) in [5, 5.41) is 9.72. The molecule has 0 saturated heterocycles. The zero-order chi connectivity index (χ0) is 13.3. The molecule has 0 amide bonds. The Morgan fingerprint density at radius 1 is 1.39 bits per heavy atom. The number of carbonyl (C=O) groups is 1. The van der Waals surface area contributed by atoms with E-state index in [0.29, 0.717) is 16.5 Å². The van der Waals surface area contributed by atoms with Crippen LogP contribution >= 0.6 is 11.6 Å². The van der Waals surface area contributed by atoms with Gasteiger partial charge in [-0.25, -0.2) is 9.78 Å². The summed E-state index contributed by atoms with van der Waals surface area (Å²) < 4.78 is 1.20. The minimum atomic E-state index is -1.08. The van der Waals surface area contributed by atoms with Crippen molar-refractivity contribution in [3.63, 3.8) is 0 Å². The molecule has 0 spiro atoms. The maximum absolute atomic E-state index is 11.1. The van der Waals surface area contributed by atoms with Crippen molar-refractivity contribution in [2.45, 2.75) is 6.92 Å². The first-order valence-electron chi connectivity index (χ1n) is 5.17. The average Bonchev–Trinajstić information content (AvgIpc) is 2.67. The Morgan fingerprint density at radius 3 is 2.50 bits per heavy atom. The number of nitrogens with zero attached hydrogens (tertiary/aromatic N) is 2. The van der Waals surface area contributed by atoms with Crippen molar-refractivity contribution in [2.24, 2.45) is 0 Å². The van der Waals surface area contributed by atoms with E-state index in [1.54, 1.807) is 31.2 Å². The Kier molecular flexibility index (Phi) is 3.25. The van der Waals surface area contributed by atoms with Crippen molar-refractivity contribution in [3.05, 3.63) is 40.7 Å². The van der Waals surface area contributed by atoms with E-state index in [1.807, 2.05) is 0 Å². The topological polar surface area (TPSA) is 64.4 Å². The average molecular weight is 267 g/mol. The van der Waals surface area contributed by atoms with Gasteiger partial charge in [0.2, 0.25) is 0 Å². The van der Waals surface area contributed by atoms with Crippen LogP contribution in [0.3, 0.4) is 0 Å². The van der Waals surface area contributed by atoms with Gasteiger partial charge in [0, 0.05) is 10.6 Å². The molecule has 1 heterocycles. The molecule has 2 aromatic rings. The molecule has 0 saturated carbocycles. The van der Waals surface area contributed by atoms with Crippen LogP contribution < -0.4 is 4.84 Å². The number of aromatic carboxylic acids is 1. The fourth-order valence-corrected chi connectivity index (χ4v) is 1.84. The molecule has 0 aliphatic carbocycles. The van der Waals surface area contributed by atoms with Gasteiger partial charge in [0.15, 0.2) is 11.5 Å². The van der Waals surface area contributed by atoms with Gasteiger partial charge in [-0.2, -0.15) is 4.73 Å². The molecule has 0 bridgehead atoms. The van der Waals surface area contributed by atoms with E-state index in [2.05, 4.69) is 4.98 Å². The minimum Gasteiger partial charge on any atom is -0.476 e. The summed E-state index contributed by atoms with van der Waals surface area (Å²) in [6, 6.07) is 6.93. The minimum absolute atomic E-state index is 0.0162. The van der Waals surface area contributed by atoms with Crippen LogP contribution in [-0.4, -0.2) is 27.9 Å². The van der Waals surface area contributed by atoms with Crippen molar-refractivity contribution >= 4 is 17.6 Å². The van der Waals surface area contributed by atoms with Crippen LogP contribution in [0.4, 0.5) is 0 Å². The van der Waals surface area contributed by atoms with Gasteiger partial charge in [0.05, 0.1) is 5.69 Å². The summed E-state index contributed by atoms with van der Waals surface area (Å²) in [6.07, 6.45) is 0. The second-order valence-electron chi connectivity index (χ2n) is 3.66. The van der Waals surface area contributed by atoms with Crippen LogP contribution in [0, 0.1) is 6.92 Å². The van der Waals surface area contributed by atoms with E-state index < -0.39 is 5.97 Å². The van der Waals surface area contributed by atoms with E-state index in [4.69, 9.17) is 21.5 Å². The summed E-state index contributed by atoms with van der Waals surface area (Å²) in [4.78, 5) is 20.4. The maximum atomic E-state index is 11.1. The third-order valence-electron chi connectivity index (χ3n) is 2.50. The zero-order valence-electron chi connectivity index (χ0n) is 9.85. The largest absolute Gasteiger partial charge is 0.476 e. The third-order valence-corrected chi connectivity index (χ3v) is 2.75. The van der Waals surface area contributed by atoms with Gasteiger partial charge in [-0.05, 0) is 31.2 Å². The lowest BCUT2D eigenvalue weighted by Crippen LogP contribution is -2.15. The molecule has 0 atom stereocenters. The first kappa shape index (κ1) is 12.4. The third kappa shape index (κ3) is 2.04. The Bertz CT molecular complexity index is 590. The van der Waals surface area contributed by atoms with Crippen LogP contribution in [0.15, 0.2) is 24.3 Å². The monoisotopic (exact) mass is 266 g/mol. The molecule has 6 heteroatoms. The van der Waals surface area contributed by atoms with Crippen molar-refractivity contribution < 1.29 is 14.7 Å². The van der Waals surface area contributed by atoms with Crippen molar-refractivity contribution in [1.29, 1.82) is 0 Å². The van der Waals surface area contributed by atoms with Gasteiger partial charge in [-0.15, -0.1) is 0 Å². The molecule has 0 radical (unpaired) electrons. The number of rotatable bonds is 3. The standard InChI is InChI=1S/C12H11ClN2O3/c1-7-10(12(16)17)15(18-2)11(14-7)8-3-5-9(13)6-4-8/h3-6H,1-2H3,(H,16,17). The second kappa shape index (κ2) is 4.70. The van der Waals surface area contributed by atoms with Crippen molar-refractivity contribution in [3.8, 4) is 11.4 Å². The molecule has 0 aliphatic rings. The van der Waals surface area contributed by atoms with Crippen LogP contribution in [0.25, 0.3) is 11.4 Å². The molecule has 0 fully saturated rings. The van der Waals surface area contributed by atoms with Gasteiger partial charge in [-0.1, -0.05) is 11.6 Å². The molecule has 94 valence electrons. The highest BCUT2D eigenvalue weighted by molar-refractivity contribution is 6.30. The molecule has 1 aromatic carbocycles. The van der Waals surface area contributed by atoms with Gasteiger partial charge in [0.1, 0.15) is 7.11 Å². The highest BCUT2D eigenvalue weighted by Crippen LogP contribution is 2.23. The molecule has 0 aliphatic heterocycles. The van der Waals surface area contributed by atoms with E-state index in [1.165, 1.54) is 11.8 Å². The van der Waals surface area contributed by atoms with Gasteiger partial charge in [-0.3, -0.25) is 0 Å². The number of halogens is 1. The van der Waals surface area contributed by atoms with Gasteiger partial charge in [0.25, 0.3) is 0 Å². The lowest BCUT2D eigenvalue weighted by Gasteiger charge is -2.07.